The Morgan fingerprint density at radius 1 is 1.10 bits per heavy atom. The van der Waals surface area contributed by atoms with Crippen molar-refractivity contribution in [2.24, 2.45) is 0 Å². The fraction of sp³-hybridized carbons (Fsp3) is 0.429. The van der Waals surface area contributed by atoms with Crippen molar-refractivity contribution in [3.05, 3.63) is 59.3 Å². The molecule has 0 aliphatic carbocycles. The molecular weight excluding hydrogens is 413 g/mol. The van der Waals surface area contributed by atoms with Crippen molar-refractivity contribution in [3.63, 3.8) is 0 Å². The fourth-order valence-corrected chi connectivity index (χ4v) is 3.10. The zero-order valence-corrected chi connectivity index (χ0v) is 17.0. The summed E-state index contributed by atoms with van der Waals surface area (Å²) in [4.78, 5) is 18.2. The van der Waals surface area contributed by atoms with Crippen LogP contribution in [0.1, 0.15) is 16.7 Å². The predicted octanol–water partition coefficient (Wildman–Crippen LogP) is 2.85. The highest BCUT2D eigenvalue weighted by Gasteiger charge is 2.28. The summed E-state index contributed by atoms with van der Waals surface area (Å²) in [5, 5.41) is 5.50. The number of nitrogens with one attached hydrogen (secondary N) is 2. The molecule has 1 aliphatic rings. The average molecular weight is 438 g/mol. The van der Waals surface area contributed by atoms with E-state index in [1.807, 2.05) is 24.3 Å². The van der Waals surface area contributed by atoms with Gasteiger partial charge in [-0.05, 0) is 22.8 Å². The minimum absolute atomic E-state index is 0.131. The minimum atomic E-state index is -4.44. The number of carbonyl (C=O) groups excluding carboxylic acids is 1. The molecular formula is C21H25F3N4O3. The third-order valence-electron chi connectivity index (χ3n) is 4.69. The molecule has 1 aliphatic heterocycles. The smallest absolute Gasteiger partial charge is 0.422 e. The monoisotopic (exact) mass is 438 g/mol. The number of nitrogens with zero attached hydrogens (tertiary/aromatic N) is 2. The van der Waals surface area contributed by atoms with Crippen molar-refractivity contribution in [3.8, 4) is 5.88 Å². The van der Waals surface area contributed by atoms with Crippen molar-refractivity contribution < 1.29 is 27.4 Å². The van der Waals surface area contributed by atoms with Crippen LogP contribution in [0.2, 0.25) is 0 Å². The van der Waals surface area contributed by atoms with E-state index in [1.54, 1.807) is 6.07 Å². The molecule has 0 spiro atoms. The summed E-state index contributed by atoms with van der Waals surface area (Å²) in [6.45, 7) is 3.07. The van der Waals surface area contributed by atoms with Crippen LogP contribution < -0.4 is 15.4 Å². The Morgan fingerprint density at radius 2 is 1.81 bits per heavy atom. The first-order valence-electron chi connectivity index (χ1n) is 9.92. The van der Waals surface area contributed by atoms with Crippen molar-refractivity contribution in [1.82, 2.24) is 20.5 Å². The maximum atomic E-state index is 12.3. The zero-order chi connectivity index (χ0) is 22.1. The quantitative estimate of drug-likeness (QED) is 0.663. The number of ether oxygens (including phenoxy) is 2. The number of rotatable bonds is 8. The maximum Gasteiger partial charge on any atom is 0.422 e. The summed E-state index contributed by atoms with van der Waals surface area (Å²) >= 11 is 0. The van der Waals surface area contributed by atoms with Gasteiger partial charge in [0.1, 0.15) is 0 Å². The van der Waals surface area contributed by atoms with Gasteiger partial charge in [0.15, 0.2) is 6.61 Å². The molecule has 168 valence electrons. The molecule has 0 saturated carbocycles. The van der Waals surface area contributed by atoms with Gasteiger partial charge in [-0.25, -0.2) is 9.78 Å². The number of morpholine rings is 1. The predicted molar refractivity (Wildman–Crippen MR) is 107 cm³/mol. The summed E-state index contributed by atoms with van der Waals surface area (Å²) < 4.78 is 46.8. The number of aromatic nitrogens is 1. The van der Waals surface area contributed by atoms with E-state index >= 15 is 0 Å². The Morgan fingerprint density at radius 3 is 2.55 bits per heavy atom. The molecule has 31 heavy (non-hydrogen) atoms. The molecule has 0 bridgehead atoms. The van der Waals surface area contributed by atoms with Gasteiger partial charge in [0.05, 0.1) is 13.2 Å². The number of halogens is 3. The molecule has 3 rings (SSSR count). The molecule has 1 aromatic heterocycles. The van der Waals surface area contributed by atoms with Crippen molar-refractivity contribution in [1.29, 1.82) is 0 Å². The molecule has 0 radical (unpaired) electrons. The zero-order valence-electron chi connectivity index (χ0n) is 17.0. The van der Waals surface area contributed by atoms with Crippen LogP contribution in [0.4, 0.5) is 18.0 Å². The van der Waals surface area contributed by atoms with Crippen LogP contribution in [0.15, 0.2) is 42.6 Å². The molecule has 2 aromatic rings. The normalized spacial score (nSPS) is 14.8. The molecule has 0 unspecified atom stereocenters. The summed E-state index contributed by atoms with van der Waals surface area (Å²) in [7, 11) is 0. The molecule has 2 N–H and O–H groups in total. The lowest BCUT2D eigenvalue weighted by Gasteiger charge is -2.27. The molecule has 2 heterocycles. The van der Waals surface area contributed by atoms with Crippen molar-refractivity contribution in [2.45, 2.75) is 25.8 Å². The molecule has 0 atom stereocenters. The molecule has 1 aromatic carbocycles. The lowest BCUT2D eigenvalue weighted by molar-refractivity contribution is -0.154. The van der Waals surface area contributed by atoms with Gasteiger partial charge in [-0.1, -0.05) is 24.3 Å². The SMILES string of the molecule is O=C(NCc1ccnc(OCC(F)(F)F)c1)NCc1ccccc1CN1CCOCC1. The first-order chi connectivity index (χ1) is 14.9. The van der Waals surface area contributed by atoms with E-state index in [-0.39, 0.29) is 18.5 Å². The number of carbonyl (C=O) groups is 1. The highest BCUT2D eigenvalue weighted by Crippen LogP contribution is 2.17. The van der Waals surface area contributed by atoms with Crippen LogP contribution in [0.5, 0.6) is 5.88 Å². The molecule has 1 fully saturated rings. The lowest BCUT2D eigenvalue weighted by atomic mass is 10.1. The van der Waals surface area contributed by atoms with E-state index in [0.717, 1.165) is 44.0 Å². The van der Waals surface area contributed by atoms with Gasteiger partial charge in [0, 0.05) is 45.0 Å². The Hall–Kier alpha value is -2.85. The fourth-order valence-electron chi connectivity index (χ4n) is 3.10. The second kappa shape index (κ2) is 11.0. The number of benzene rings is 1. The van der Waals surface area contributed by atoms with Crippen LogP contribution in [0, 0.1) is 0 Å². The molecule has 10 heteroatoms. The number of urea groups is 1. The van der Waals surface area contributed by atoms with Gasteiger partial charge in [-0.15, -0.1) is 0 Å². The van der Waals surface area contributed by atoms with E-state index in [2.05, 4.69) is 25.3 Å². The Bertz CT molecular complexity index is 858. The molecule has 1 saturated heterocycles. The van der Waals surface area contributed by atoms with E-state index in [4.69, 9.17) is 4.74 Å². The number of hydrogen-bond acceptors (Lipinski definition) is 5. The third kappa shape index (κ3) is 8.06. The van der Waals surface area contributed by atoms with E-state index in [0.29, 0.717) is 12.1 Å². The Labute approximate surface area is 178 Å². The van der Waals surface area contributed by atoms with Gasteiger partial charge in [0.2, 0.25) is 5.88 Å². The lowest BCUT2D eigenvalue weighted by Crippen LogP contribution is -2.37. The van der Waals surface area contributed by atoms with Crippen molar-refractivity contribution in [2.75, 3.05) is 32.9 Å². The molecule has 2 amide bonds. The summed E-state index contributed by atoms with van der Waals surface area (Å²) in [5.41, 5.74) is 2.75. The summed E-state index contributed by atoms with van der Waals surface area (Å²) in [5.74, 6) is -0.144. The largest absolute Gasteiger partial charge is 0.468 e. The number of pyridine rings is 1. The maximum absolute atomic E-state index is 12.3. The standard InChI is InChI=1S/C21H25F3N4O3/c22-21(23,24)15-31-19-11-16(5-6-25-19)12-26-20(29)27-13-17-3-1-2-4-18(17)14-28-7-9-30-10-8-28/h1-6,11H,7-10,12-15H2,(H2,26,27,29). The second-order valence-electron chi connectivity index (χ2n) is 7.10. The van der Waals surface area contributed by atoms with Crippen molar-refractivity contribution >= 4 is 6.03 Å². The first-order valence-corrected chi connectivity index (χ1v) is 9.92. The third-order valence-corrected chi connectivity index (χ3v) is 4.69. The van der Waals surface area contributed by atoms with E-state index < -0.39 is 12.8 Å². The van der Waals surface area contributed by atoms with Gasteiger partial charge < -0.3 is 20.1 Å². The van der Waals surface area contributed by atoms with Gasteiger partial charge in [-0.3, -0.25) is 4.90 Å². The first kappa shape index (κ1) is 22.8. The Balaban J connectivity index is 1.46. The number of alkyl halides is 3. The average Bonchev–Trinajstić information content (AvgIpc) is 2.76. The highest BCUT2D eigenvalue weighted by molar-refractivity contribution is 5.73. The van der Waals surface area contributed by atoms with Gasteiger partial charge >= 0.3 is 12.2 Å². The van der Waals surface area contributed by atoms with Crippen LogP contribution in [0.3, 0.4) is 0 Å². The van der Waals surface area contributed by atoms with E-state index in [9.17, 15) is 18.0 Å². The van der Waals surface area contributed by atoms with Crippen LogP contribution >= 0.6 is 0 Å². The molecule has 7 nitrogen and oxygen atoms in total. The van der Waals surface area contributed by atoms with Crippen LogP contribution in [-0.4, -0.2) is 55.0 Å². The van der Waals surface area contributed by atoms with Crippen LogP contribution in [-0.2, 0) is 24.4 Å². The van der Waals surface area contributed by atoms with Gasteiger partial charge in [0.25, 0.3) is 0 Å². The Kier molecular flexibility index (Phi) is 8.07. The topological polar surface area (TPSA) is 75.7 Å². The minimum Gasteiger partial charge on any atom is -0.468 e. The highest BCUT2D eigenvalue weighted by atomic mass is 19.4. The van der Waals surface area contributed by atoms with Gasteiger partial charge in [-0.2, -0.15) is 13.2 Å². The number of hydrogen-bond donors (Lipinski definition) is 2. The summed E-state index contributed by atoms with van der Waals surface area (Å²) in [6.07, 6.45) is -3.10. The number of amides is 2. The van der Waals surface area contributed by atoms with E-state index in [1.165, 1.54) is 12.3 Å². The van der Waals surface area contributed by atoms with Crippen LogP contribution in [0.25, 0.3) is 0 Å². The summed E-state index contributed by atoms with van der Waals surface area (Å²) in [6, 6.07) is 10.5. The second-order valence-corrected chi connectivity index (χ2v) is 7.10.